The van der Waals surface area contributed by atoms with Crippen LogP contribution >= 0.6 is 15.9 Å². The van der Waals surface area contributed by atoms with Crippen molar-refractivity contribution in [3.8, 4) is 0 Å². The number of allylic oxidation sites excluding steroid dienone is 2. The summed E-state index contributed by atoms with van der Waals surface area (Å²) in [7, 11) is 0. The van der Waals surface area contributed by atoms with Crippen molar-refractivity contribution in [1.29, 1.82) is 0 Å². The third kappa shape index (κ3) is 4.34. The Bertz CT molecular complexity index is 1800. The van der Waals surface area contributed by atoms with Crippen LogP contribution in [0.5, 0.6) is 0 Å². The van der Waals surface area contributed by atoms with Gasteiger partial charge >= 0.3 is 0 Å². The molecule has 6 rings (SSSR count). The van der Waals surface area contributed by atoms with Crippen LogP contribution in [0.15, 0.2) is 16.6 Å². The number of hydrogen-bond acceptors (Lipinski definition) is 5. The fourth-order valence-electron chi connectivity index (χ4n) is 7.12. The monoisotopic (exact) mass is 616 g/mol. The zero-order valence-corrected chi connectivity index (χ0v) is 26.2. The zero-order chi connectivity index (χ0) is 29.2. The van der Waals surface area contributed by atoms with Crippen LogP contribution in [0.25, 0.3) is 33.2 Å². The minimum atomic E-state index is 0.0911. The number of aromatic amines is 2. The van der Waals surface area contributed by atoms with Crippen molar-refractivity contribution < 1.29 is 14.9 Å². The molecule has 5 heterocycles. The second kappa shape index (κ2) is 10.6. The summed E-state index contributed by atoms with van der Waals surface area (Å²) in [6.07, 6.45) is 3.58. The molecule has 8 bridgehead atoms. The fraction of sp³-hybridized carbons (Fsp3) is 0.424. The van der Waals surface area contributed by atoms with E-state index in [0.717, 1.165) is 85.3 Å². The van der Waals surface area contributed by atoms with E-state index >= 15 is 0 Å². The van der Waals surface area contributed by atoms with Crippen molar-refractivity contribution in [3.63, 3.8) is 0 Å². The van der Waals surface area contributed by atoms with Crippen LogP contribution in [0, 0.1) is 13.8 Å². The normalized spacial score (nSPS) is 18.2. The second-order valence-corrected chi connectivity index (χ2v) is 12.4. The lowest BCUT2D eigenvalue weighted by Gasteiger charge is -2.17. The number of H-pyrrole nitrogens is 2. The lowest BCUT2D eigenvalue weighted by atomic mass is 9.86. The third-order valence-corrected chi connectivity index (χ3v) is 10.2. The molecule has 3 aromatic rings. The van der Waals surface area contributed by atoms with Crippen molar-refractivity contribution in [2.75, 3.05) is 6.61 Å². The molecule has 3 N–H and O–H groups in total. The smallest absolute Gasteiger partial charge is 0.169 e. The molecule has 0 aromatic carbocycles. The molecule has 0 spiro atoms. The Morgan fingerprint density at radius 3 is 2.44 bits per heavy atom. The highest BCUT2D eigenvalue weighted by Crippen LogP contribution is 2.46. The van der Waals surface area contributed by atoms with Gasteiger partial charge in [0.25, 0.3) is 0 Å². The Balaban J connectivity index is 1.78. The van der Waals surface area contributed by atoms with Gasteiger partial charge in [-0.05, 0) is 102 Å². The number of nitrogens with one attached hydrogen (secondary N) is 2. The van der Waals surface area contributed by atoms with Crippen LogP contribution in [0.4, 0.5) is 0 Å². The molecule has 0 saturated heterocycles. The maximum atomic E-state index is 13.5. The van der Waals surface area contributed by atoms with E-state index in [0.29, 0.717) is 12.8 Å². The van der Waals surface area contributed by atoms with E-state index in [1.807, 2.05) is 6.92 Å². The number of Topliss-reactive ketones (excluding diaryl/α,β-unsaturated/α-hetero) is 1. The third-order valence-electron chi connectivity index (χ3n) is 9.41. The number of ketones is 1. The molecule has 3 aromatic heterocycles. The summed E-state index contributed by atoms with van der Waals surface area (Å²) in [5.41, 5.74) is 15.3. The minimum absolute atomic E-state index is 0.0911. The molecule has 0 fully saturated rings. The van der Waals surface area contributed by atoms with Gasteiger partial charge in [0.15, 0.2) is 5.78 Å². The van der Waals surface area contributed by atoms with E-state index in [4.69, 9.17) is 15.2 Å². The number of aromatic nitrogens is 4. The topological polar surface area (TPSA) is 104 Å². The van der Waals surface area contributed by atoms with Crippen LogP contribution in [-0.4, -0.2) is 37.6 Å². The van der Waals surface area contributed by atoms with Gasteiger partial charge in [0.05, 0.1) is 44.9 Å². The molecule has 7 nitrogen and oxygen atoms in total. The first-order chi connectivity index (χ1) is 19.7. The van der Waals surface area contributed by atoms with Gasteiger partial charge in [-0.15, -0.1) is 0 Å². The summed E-state index contributed by atoms with van der Waals surface area (Å²) in [6.45, 7) is 13.2. The van der Waals surface area contributed by atoms with Crippen LogP contribution in [0.1, 0.15) is 114 Å². The van der Waals surface area contributed by atoms with Gasteiger partial charge < -0.3 is 9.97 Å². The number of halogens is 1. The Morgan fingerprint density at radius 2 is 1.73 bits per heavy atom. The number of hydrogen-bond donors (Lipinski definition) is 3. The molecule has 214 valence electrons. The lowest BCUT2D eigenvalue weighted by molar-refractivity contribution is -0.242. The molecular weight excluding hydrogens is 580 g/mol. The van der Waals surface area contributed by atoms with Gasteiger partial charge in [0.2, 0.25) is 0 Å². The Labute approximate surface area is 248 Å². The molecule has 1 aliphatic carbocycles. The number of aryl methyl sites for hydroxylation is 3. The highest BCUT2D eigenvalue weighted by Gasteiger charge is 2.36. The van der Waals surface area contributed by atoms with Crippen molar-refractivity contribution in [2.24, 2.45) is 0 Å². The van der Waals surface area contributed by atoms with Gasteiger partial charge in [-0.1, -0.05) is 20.8 Å². The van der Waals surface area contributed by atoms with Gasteiger partial charge in [-0.2, -0.15) is 0 Å². The summed E-state index contributed by atoms with van der Waals surface area (Å²) in [5, 5.41) is 9.00. The maximum absolute atomic E-state index is 13.5. The fourth-order valence-corrected chi connectivity index (χ4v) is 7.96. The lowest BCUT2D eigenvalue weighted by Crippen LogP contribution is -2.07. The van der Waals surface area contributed by atoms with Crippen LogP contribution < -0.4 is 0 Å². The summed E-state index contributed by atoms with van der Waals surface area (Å²) in [5.74, 6) is 0.326. The molecule has 41 heavy (non-hydrogen) atoms. The molecule has 2 aliphatic heterocycles. The molecule has 0 amide bonds. The van der Waals surface area contributed by atoms with Gasteiger partial charge in [0.1, 0.15) is 0 Å². The van der Waals surface area contributed by atoms with Gasteiger partial charge in [-0.3, -0.25) is 15.0 Å². The second-order valence-electron chi connectivity index (χ2n) is 11.6. The van der Waals surface area contributed by atoms with Crippen molar-refractivity contribution in [2.45, 2.75) is 85.5 Å². The first-order valence-corrected chi connectivity index (χ1v) is 15.4. The Hall–Kier alpha value is -3.07. The number of carbonyl (C=O) groups is 1. The summed E-state index contributed by atoms with van der Waals surface area (Å²) < 4.78 is 0.950. The van der Waals surface area contributed by atoms with Crippen molar-refractivity contribution in [3.05, 3.63) is 67.2 Å². The quantitative estimate of drug-likeness (QED) is 0.146. The van der Waals surface area contributed by atoms with Crippen molar-refractivity contribution >= 4 is 54.9 Å². The molecule has 8 heteroatoms. The first-order valence-electron chi connectivity index (χ1n) is 14.6. The largest absolute Gasteiger partial charge is 0.354 e. The number of fused-ring (bicyclic) bond motifs is 8. The minimum Gasteiger partial charge on any atom is -0.354 e. The Morgan fingerprint density at radius 1 is 1.00 bits per heavy atom. The highest BCUT2D eigenvalue weighted by atomic mass is 79.9. The highest BCUT2D eigenvalue weighted by molar-refractivity contribution is 9.10. The zero-order valence-electron chi connectivity index (χ0n) is 24.6. The Kier molecular flexibility index (Phi) is 7.29. The molecular formula is C33H37BrN4O3. The van der Waals surface area contributed by atoms with E-state index in [9.17, 15) is 4.79 Å². The molecule has 0 unspecified atom stereocenters. The first kappa shape index (κ1) is 28.1. The van der Waals surface area contributed by atoms with E-state index in [-0.39, 0.29) is 24.2 Å². The van der Waals surface area contributed by atoms with E-state index in [2.05, 4.69) is 77.5 Å². The van der Waals surface area contributed by atoms with Crippen LogP contribution in [0.3, 0.4) is 0 Å². The molecule has 2 atom stereocenters. The average molecular weight is 618 g/mol. The van der Waals surface area contributed by atoms with Crippen molar-refractivity contribution in [1.82, 2.24) is 19.9 Å². The molecule has 3 aliphatic rings. The molecule has 0 radical (unpaired) electrons. The summed E-state index contributed by atoms with van der Waals surface area (Å²) in [4.78, 5) is 35.6. The summed E-state index contributed by atoms with van der Waals surface area (Å²) in [6, 6.07) is 4.29. The molecule has 0 saturated carbocycles. The van der Waals surface area contributed by atoms with Crippen LogP contribution in [-0.2, 0) is 17.7 Å². The van der Waals surface area contributed by atoms with Crippen LogP contribution in [0.2, 0.25) is 0 Å². The number of nitrogens with zero attached hydrogens (tertiary/aromatic N) is 2. The van der Waals surface area contributed by atoms with E-state index in [1.165, 1.54) is 22.3 Å². The van der Waals surface area contributed by atoms with E-state index in [1.54, 1.807) is 0 Å². The predicted octanol–water partition coefficient (Wildman–Crippen LogP) is 8.49. The van der Waals surface area contributed by atoms with Gasteiger partial charge in [0, 0.05) is 40.4 Å². The SMILES string of the molecule is CCC1=C(C)c2cc3[nH]c(c(C)c3CC)c(Br)c3nc(c4c5[nH]c(cc1n2)c(C)c5C(=O)C4)[C@@H](CCCOO)[C@@H]3C. The average Bonchev–Trinajstić information content (AvgIpc) is 3.70. The maximum Gasteiger partial charge on any atom is 0.169 e. The van der Waals surface area contributed by atoms with E-state index < -0.39 is 0 Å². The number of carbonyl (C=O) groups excluding carboxylic acids is 1. The van der Waals surface area contributed by atoms with Gasteiger partial charge in [-0.25, -0.2) is 9.87 Å². The number of rotatable bonds is 6. The summed E-state index contributed by atoms with van der Waals surface area (Å²) >= 11 is 3.97. The predicted molar refractivity (Wildman–Crippen MR) is 167 cm³/mol. The standard InChI is InChI=1S/C33H37BrN4O3/c1-7-19-15(3)23-13-26-20(8-2)16(4)30(37-26)29(34)31-17(5)21(10-9-11-41-40)32(38-31)22-12-27(39)28-18(6)24(36-33(22)28)14-25(19)35-23/h13-14,17,21,36-37,40H,7-12H2,1-6H3/t17-,21-/m0/s1.